The number of unbranched alkanes of at least 4 members (excludes halogenated alkanes) is 1. The van der Waals surface area contributed by atoms with Crippen LogP contribution in [0.1, 0.15) is 53.4 Å². The van der Waals surface area contributed by atoms with Gasteiger partial charge in [0.1, 0.15) is 0 Å². The molecule has 124 valence electrons. The highest BCUT2D eigenvalue weighted by molar-refractivity contribution is 5.84. The van der Waals surface area contributed by atoms with Gasteiger partial charge in [0, 0.05) is 6.54 Å². The number of nitrogens with zero attached hydrogens (tertiary/aromatic N) is 2. The zero-order chi connectivity index (χ0) is 16.0. The molecular weight excluding hydrogens is 262 g/mol. The molecule has 0 aromatic heterocycles. The van der Waals surface area contributed by atoms with E-state index in [4.69, 9.17) is 0 Å². The minimum Gasteiger partial charge on any atom is -0.326 e. The quantitative estimate of drug-likeness (QED) is 0.664. The summed E-state index contributed by atoms with van der Waals surface area (Å²) in [5.74, 6) is 1.34. The number of hydrogen-bond acceptors (Lipinski definition) is 3. The Hall–Kier alpha value is -0.610. The zero-order valence-electron chi connectivity index (χ0n) is 14.9. The number of nitrogens with one attached hydrogen (secondary N) is 1. The van der Waals surface area contributed by atoms with Crippen molar-refractivity contribution in [3.05, 3.63) is 0 Å². The first kappa shape index (κ1) is 18.4. The molecule has 4 heteroatoms. The molecule has 0 saturated carbocycles. The second-order valence-electron chi connectivity index (χ2n) is 7.22. The molecule has 1 fully saturated rings. The van der Waals surface area contributed by atoms with E-state index in [0.717, 1.165) is 38.8 Å². The number of carbonyl (C=O) groups excluding carboxylic acids is 1. The Morgan fingerprint density at radius 3 is 2.43 bits per heavy atom. The maximum absolute atomic E-state index is 12.7. The molecule has 0 radical (unpaired) electrons. The average molecular weight is 297 g/mol. The summed E-state index contributed by atoms with van der Waals surface area (Å²) in [5.41, 5.74) is 0. The summed E-state index contributed by atoms with van der Waals surface area (Å²) in [6.45, 7) is 10.8. The van der Waals surface area contributed by atoms with Gasteiger partial charge in [-0.25, -0.2) is 0 Å². The van der Waals surface area contributed by atoms with Crippen LogP contribution in [-0.2, 0) is 4.79 Å². The van der Waals surface area contributed by atoms with Crippen LogP contribution >= 0.6 is 0 Å². The smallest absolute Gasteiger partial charge is 0.241 e. The van der Waals surface area contributed by atoms with Crippen LogP contribution in [0.2, 0.25) is 0 Å². The van der Waals surface area contributed by atoms with Crippen LogP contribution < -0.4 is 5.32 Å². The standard InChI is InChI=1S/C17H35N3O/c1-7-14(4)16-17(21)20(11-9-8-10-19(5)6)15(18-16)12-13(2)3/h13-16,18H,7-12H2,1-6H3. The van der Waals surface area contributed by atoms with Gasteiger partial charge in [0.05, 0.1) is 12.2 Å². The highest BCUT2D eigenvalue weighted by Gasteiger charge is 2.40. The average Bonchev–Trinajstić information content (AvgIpc) is 2.70. The molecular formula is C17H35N3O. The Kier molecular flexibility index (Phi) is 7.67. The second-order valence-corrected chi connectivity index (χ2v) is 7.22. The summed E-state index contributed by atoms with van der Waals surface area (Å²) in [4.78, 5) is 17.0. The van der Waals surface area contributed by atoms with Crippen molar-refractivity contribution in [2.75, 3.05) is 27.2 Å². The van der Waals surface area contributed by atoms with E-state index >= 15 is 0 Å². The Balaban J connectivity index is 2.59. The third-order valence-corrected chi connectivity index (χ3v) is 4.46. The number of amides is 1. The van der Waals surface area contributed by atoms with Crippen LogP contribution in [0.5, 0.6) is 0 Å². The van der Waals surface area contributed by atoms with Crippen LogP contribution in [0.3, 0.4) is 0 Å². The maximum Gasteiger partial charge on any atom is 0.241 e. The molecule has 3 unspecified atom stereocenters. The van der Waals surface area contributed by atoms with Gasteiger partial charge < -0.3 is 9.80 Å². The van der Waals surface area contributed by atoms with E-state index in [1.807, 2.05) is 0 Å². The summed E-state index contributed by atoms with van der Waals surface area (Å²) < 4.78 is 0. The number of rotatable bonds is 9. The largest absolute Gasteiger partial charge is 0.326 e. The molecule has 1 saturated heterocycles. The van der Waals surface area contributed by atoms with Crippen molar-refractivity contribution < 1.29 is 4.79 Å². The molecule has 0 aromatic rings. The Morgan fingerprint density at radius 1 is 1.24 bits per heavy atom. The fourth-order valence-electron chi connectivity index (χ4n) is 2.96. The summed E-state index contributed by atoms with van der Waals surface area (Å²) in [7, 11) is 4.20. The summed E-state index contributed by atoms with van der Waals surface area (Å²) in [6.07, 6.45) is 4.57. The van der Waals surface area contributed by atoms with Crippen molar-refractivity contribution in [1.29, 1.82) is 0 Å². The molecule has 1 aliphatic heterocycles. The van der Waals surface area contributed by atoms with Gasteiger partial charge in [0.15, 0.2) is 0 Å². The van der Waals surface area contributed by atoms with Gasteiger partial charge >= 0.3 is 0 Å². The third-order valence-electron chi connectivity index (χ3n) is 4.46. The first-order valence-corrected chi connectivity index (χ1v) is 8.58. The van der Waals surface area contributed by atoms with Crippen molar-refractivity contribution in [3.63, 3.8) is 0 Å². The topological polar surface area (TPSA) is 35.6 Å². The Morgan fingerprint density at radius 2 is 1.90 bits per heavy atom. The van der Waals surface area contributed by atoms with Gasteiger partial charge in [-0.05, 0) is 51.7 Å². The molecule has 21 heavy (non-hydrogen) atoms. The molecule has 0 aliphatic carbocycles. The lowest BCUT2D eigenvalue weighted by atomic mass is 9.99. The van der Waals surface area contributed by atoms with Gasteiger partial charge in [0.25, 0.3) is 0 Å². The van der Waals surface area contributed by atoms with E-state index in [-0.39, 0.29) is 12.2 Å². The van der Waals surface area contributed by atoms with Crippen molar-refractivity contribution in [2.45, 2.75) is 65.6 Å². The summed E-state index contributed by atoms with van der Waals surface area (Å²) in [6, 6.07) is 0.0209. The molecule has 0 bridgehead atoms. The zero-order valence-corrected chi connectivity index (χ0v) is 14.9. The molecule has 1 rings (SSSR count). The van der Waals surface area contributed by atoms with Gasteiger partial charge in [0.2, 0.25) is 5.91 Å². The Labute approximate surface area is 131 Å². The fraction of sp³-hybridized carbons (Fsp3) is 0.941. The molecule has 4 nitrogen and oxygen atoms in total. The van der Waals surface area contributed by atoms with Crippen LogP contribution in [0, 0.1) is 11.8 Å². The lowest BCUT2D eigenvalue weighted by Gasteiger charge is -2.25. The second kappa shape index (κ2) is 8.74. The van der Waals surface area contributed by atoms with Gasteiger partial charge in [-0.3, -0.25) is 10.1 Å². The van der Waals surface area contributed by atoms with Crippen molar-refractivity contribution in [1.82, 2.24) is 15.1 Å². The summed E-state index contributed by atoms with van der Waals surface area (Å²) >= 11 is 0. The van der Waals surface area contributed by atoms with E-state index in [0.29, 0.717) is 17.7 Å². The molecule has 0 spiro atoms. The predicted molar refractivity (Wildman–Crippen MR) is 89.1 cm³/mol. The molecule has 0 aromatic carbocycles. The van der Waals surface area contributed by atoms with Crippen molar-refractivity contribution >= 4 is 5.91 Å². The SMILES string of the molecule is CCC(C)C1NC(CC(C)C)N(CCCCN(C)C)C1=O. The van der Waals surface area contributed by atoms with Crippen molar-refractivity contribution in [3.8, 4) is 0 Å². The first-order chi connectivity index (χ1) is 9.86. The predicted octanol–water partition coefficient (Wildman–Crippen LogP) is 2.55. The summed E-state index contributed by atoms with van der Waals surface area (Å²) in [5, 5.41) is 3.59. The minimum atomic E-state index is 0.0209. The van der Waals surface area contributed by atoms with Gasteiger partial charge in [-0.2, -0.15) is 0 Å². The number of carbonyl (C=O) groups is 1. The first-order valence-electron chi connectivity index (χ1n) is 8.58. The number of hydrogen-bond donors (Lipinski definition) is 1. The lowest BCUT2D eigenvalue weighted by Crippen LogP contribution is -2.39. The minimum absolute atomic E-state index is 0.0209. The van der Waals surface area contributed by atoms with Crippen LogP contribution in [0.4, 0.5) is 0 Å². The molecule has 1 N–H and O–H groups in total. The highest BCUT2D eigenvalue weighted by Crippen LogP contribution is 2.23. The molecule has 1 heterocycles. The van der Waals surface area contributed by atoms with Crippen LogP contribution in [0.25, 0.3) is 0 Å². The van der Waals surface area contributed by atoms with E-state index < -0.39 is 0 Å². The Bertz CT molecular complexity index is 317. The monoisotopic (exact) mass is 297 g/mol. The fourth-order valence-corrected chi connectivity index (χ4v) is 2.96. The third kappa shape index (κ3) is 5.59. The van der Waals surface area contributed by atoms with Crippen LogP contribution in [0.15, 0.2) is 0 Å². The van der Waals surface area contributed by atoms with E-state index in [1.165, 1.54) is 0 Å². The molecule has 1 aliphatic rings. The lowest BCUT2D eigenvalue weighted by molar-refractivity contribution is -0.131. The van der Waals surface area contributed by atoms with E-state index in [9.17, 15) is 4.79 Å². The van der Waals surface area contributed by atoms with E-state index in [2.05, 4.69) is 56.9 Å². The normalized spacial score (nSPS) is 24.4. The molecule has 1 amide bonds. The maximum atomic E-state index is 12.7. The van der Waals surface area contributed by atoms with Crippen LogP contribution in [-0.4, -0.2) is 55.1 Å². The highest BCUT2D eigenvalue weighted by atomic mass is 16.2. The molecule has 3 atom stereocenters. The van der Waals surface area contributed by atoms with Gasteiger partial charge in [-0.1, -0.05) is 34.1 Å². The van der Waals surface area contributed by atoms with Gasteiger partial charge in [-0.15, -0.1) is 0 Å². The van der Waals surface area contributed by atoms with E-state index in [1.54, 1.807) is 0 Å². The van der Waals surface area contributed by atoms with Crippen molar-refractivity contribution in [2.24, 2.45) is 11.8 Å².